The van der Waals surface area contributed by atoms with Gasteiger partial charge < -0.3 is 5.11 Å². The van der Waals surface area contributed by atoms with E-state index in [-0.39, 0.29) is 11.6 Å². The molecular formula is C10H14N2O3. The average molecular weight is 210 g/mol. The van der Waals surface area contributed by atoms with Gasteiger partial charge in [0.1, 0.15) is 6.20 Å². The summed E-state index contributed by atoms with van der Waals surface area (Å²) in [4.78, 5) is 14.0. The second-order valence-corrected chi connectivity index (χ2v) is 3.46. The van der Waals surface area contributed by atoms with Crippen LogP contribution >= 0.6 is 0 Å². The topological polar surface area (TPSA) is 76.3 Å². The maximum absolute atomic E-state index is 10.7. The largest absolute Gasteiger partial charge is 0.393 e. The maximum atomic E-state index is 10.7. The summed E-state index contributed by atoms with van der Waals surface area (Å²) in [7, 11) is 0. The fraction of sp³-hybridized carbons (Fsp3) is 0.500. The zero-order valence-corrected chi connectivity index (χ0v) is 8.75. The number of nitrogens with zero attached hydrogens (tertiary/aromatic N) is 2. The van der Waals surface area contributed by atoms with E-state index in [9.17, 15) is 15.2 Å². The third-order valence-electron chi connectivity index (χ3n) is 2.52. The molecule has 0 saturated heterocycles. The van der Waals surface area contributed by atoms with Crippen molar-refractivity contribution < 1.29 is 10.0 Å². The Morgan fingerprint density at radius 3 is 2.87 bits per heavy atom. The Bertz CT molecular complexity index is 354. The van der Waals surface area contributed by atoms with Crippen LogP contribution in [0.25, 0.3) is 0 Å². The SMILES string of the molecule is CCC(O)C(C)c1ccncc1[N+](=O)[O-]. The fourth-order valence-electron chi connectivity index (χ4n) is 1.50. The molecule has 0 spiro atoms. The van der Waals surface area contributed by atoms with Gasteiger partial charge >= 0.3 is 0 Å². The van der Waals surface area contributed by atoms with Gasteiger partial charge in [0.05, 0.1) is 11.0 Å². The smallest absolute Gasteiger partial charge is 0.291 e. The Morgan fingerprint density at radius 2 is 2.33 bits per heavy atom. The van der Waals surface area contributed by atoms with Crippen molar-refractivity contribution in [3.05, 3.63) is 34.1 Å². The summed E-state index contributed by atoms with van der Waals surface area (Å²) in [5.74, 6) is -0.251. The first-order chi connectivity index (χ1) is 7.07. The van der Waals surface area contributed by atoms with E-state index in [1.165, 1.54) is 12.4 Å². The van der Waals surface area contributed by atoms with Gasteiger partial charge in [-0.1, -0.05) is 13.8 Å². The van der Waals surface area contributed by atoms with Crippen molar-refractivity contribution in [3.8, 4) is 0 Å². The summed E-state index contributed by atoms with van der Waals surface area (Å²) in [6, 6.07) is 1.58. The average Bonchev–Trinajstić information content (AvgIpc) is 2.27. The Hall–Kier alpha value is -1.49. The van der Waals surface area contributed by atoms with Crippen molar-refractivity contribution in [2.45, 2.75) is 32.3 Å². The molecule has 0 aliphatic rings. The number of nitro groups is 1. The number of aliphatic hydroxyl groups excluding tert-OH is 1. The first kappa shape index (κ1) is 11.6. The Morgan fingerprint density at radius 1 is 1.67 bits per heavy atom. The molecule has 5 heteroatoms. The van der Waals surface area contributed by atoms with Gasteiger partial charge in [0.15, 0.2) is 0 Å². The van der Waals surface area contributed by atoms with Crippen LogP contribution in [0.1, 0.15) is 31.7 Å². The highest BCUT2D eigenvalue weighted by atomic mass is 16.6. The number of aromatic nitrogens is 1. The Kier molecular flexibility index (Phi) is 3.74. The number of aliphatic hydroxyl groups is 1. The quantitative estimate of drug-likeness (QED) is 0.608. The molecule has 0 fully saturated rings. The minimum atomic E-state index is -0.564. The van der Waals surface area contributed by atoms with Gasteiger partial charge in [-0.3, -0.25) is 15.1 Å². The highest BCUT2D eigenvalue weighted by Gasteiger charge is 2.23. The molecular weight excluding hydrogens is 196 g/mol. The van der Waals surface area contributed by atoms with Crippen LogP contribution in [0.5, 0.6) is 0 Å². The zero-order valence-electron chi connectivity index (χ0n) is 8.75. The van der Waals surface area contributed by atoms with Crippen molar-refractivity contribution >= 4 is 5.69 Å². The molecule has 0 saturated carbocycles. The molecule has 1 rings (SSSR count). The van der Waals surface area contributed by atoms with Crippen LogP contribution in [0.2, 0.25) is 0 Å². The third kappa shape index (κ3) is 2.50. The first-order valence-corrected chi connectivity index (χ1v) is 4.84. The van der Waals surface area contributed by atoms with Gasteiger partial charge in [-0.2, -0.15) is 0 Å². The van der Waals surface area contributed by atoms with E-state index < -0.39 is 11.0 Å². The maximum Gasteiger partial charge on any atom is 0.291 e. The van der Waals surface area contributed by atoms with Gasteiger partial charge in [-0.15, -0.1) is 0 Å². The van der Waals surface area contributed by atoms with Crippen LogP contribution < -0.4 is 0 Å². The van der Waals surface area contributed by atoms with Crippen molar-refractivity contribution in [3.63, 3.8) is 0 Å². The second-order valence-electron chi connectivity index (χ2n) is 3.46. The molecule has 15 heavy (non-hydrogen) atoms. The summed E-state index contributed by atoms with van der Waals surface area (Å²) in [5, 5.41) is 20.4. The molecule has 1 aromatic heterocycles. The number of hydrogen-bond donors (Lipinski definition) is 1. The summed E-state index contributed by atoms with van der Waals surface area (Å²) in [5.41, 5.74) is 0.502. The standard InChI is InChI=1S/C10H14N2O3/c1-3-10(13)7(2)8-4-5-11-6-9(8)12(14)15/h4-7,10,13H,3H2,1-2H3. The monoisotopic (exact) mass is 210 g/mol. The Balaban J connectivity index is 3.07. The molecule has 0 aliphatic heterocycles. The van der Waals surface area contributed by atoms with Crippen LogP contribution in [0, 0.1) is 10.1 Å². The predicted octanol–water partition coefficient (Wildman–Crippen LogP) is 1.86. The van der Waals surface area contributed by atoms with Gasteiger partial charge in [-0.05, 0) is 12.5 Å². The lowest BCUT2D eigenvalue weighted by atomic mass is 9.93. The molecule has 5 nitrogen and oxygen atoms in total. The molecule has 1 heterocycles. The van der Waals surface area contributed by atoms with Crippen molar-refractivity contribution in [1.29, 1.82) is 0 Å². The summed E-state index contributed by atoms with van der Waals surface area (Å²) >= 11 is 0. The minimum absolute atomic E-state index is 0.0301. The molecule has 0 aromatic carbocycles. The van der Waals surface area contributed by atoms with Crippen LogP contribution in [-0.2, 0) is 0 Å². The van der Waals surface area contributed by atoms with E-state index in [1.54, 1.807) is 13.0 Å². The molecule has 82 valence electrons. The number of hydrogen-bond acceptors (Lipinski definition) is 4. The van der Waals surface area contributed by atoms with E-state index in [4.69, 9.17) is 0 Å². The van der Waals surface area contributed by atoms with E-state index in [1.807, 2.05) is 6.92 Å². The molecule has 0 aliphatic carbocycles. The van der Waals surface area contributed by atoms with Crippen LogP contribution in [0.15, 0.2) is 18.5 Å². The van der Waals surface area contributed by atoms with Crippen molar-refractivity contribution in [1.82, 2.24) is 4.98 Å². The fourth-order valence-corrected chi connectivity index (χ4v) is 1.50. The van der Waals surface area contributed by atoms with Crippen molar-refractivity contribution in [2.24, 2.45) is 0 Å². The molecule has 1 aromatic rings. The lowest BCUT2D eigenvalue weighted by Gasteiger charge is -2.16. The minimum Gasteiger partial charge on any atom is -0.393 e. The zero-order chi connectivity index (χ0) is 11.4. The molecule has 2 unspecified atom stereocenters. The van der Waals surface area contributed by atoms with E-state index in [0.29, 0.717) is 12.0 Å². The number of rotatable bonds is 4. The molecule has 0 bridgehead atoms. The summed E-state index contributed by atoms with van der Waals surface area (Å²) in [6.07, 6.45) is 2.72. The predicted molar refractivity (Wildman–Crippen MR) is 55.6 cm³/mol. The number of pyridine rings is 1. The van der Waals surface area contributed by atoms with Gasteiger partial charge in [0, 0.05) is 17.7 Å². The lowest BCUT2D eigenvalue weighted by molar-refractivity contribution is -0.386. The first-order valence-electron chi connectivity index (χ1n) is 4.84. The van der Waals surface area contributed by atoms with Crippen LogP contribution in [0.3, 0.4) is 0 Å². The normalized spacial score (nSPS) is 14.6. The van der Waals surface area contributed by atoms with Crippen molar-refractivity contribution in [2.75, 3.05) is 0 Å². The molecule has 0 amide bonds. The molecule has 0 radical (unpaired) electrons. The van der Waals surface area contributed by atoms with E-state index in [0.717, 1.165) is 0 Å². The lowest BCUT2D eigenvalue weighted by Crippen LogP contribution is -2.15. The van der Waals surface area contributed by atoms with Crippen LogP contribution in [-0.4, -0.2) is 21.1 Å². The third-order valence-corrected chi connectivity index (χ3v) is 2.52. The van der Waals surface area contributed by atoms with Gasteiger partial charge in [0.25, 0.3) is 5.69 Å². The summed E-state index contributed by atoms with van der Waals surface area (Å²) in [6.45, 7) is 3.62. The molecule has 1 N–H and O–H groups in total. The van der Waals surface area contributed by atoms with Gasteiger partial charge in [0.2, 0.25) is 0 Å². The van der Waals surface area contributed by atoms with Crippen LogP contribution in [0.4, 0.5) is 5.69 Å². The Labute approximate surface area is 87.9 Å². The van der Waals surface area contributed by atoms with Gasteiger partial charge in [-0.25, -0.2) is 0 Å². The highest BCUT2D eigenvalue weighted by molar-refractivity contribution is 5.39. The highest BCUT2D eigenvalue weighted by Crippen LogP contribution is 2.28. The van der Waals surface area contributed by atoms with E-state index in [2.05, 4.69) is 4.98 Å². The van der Waals surface area contributed by atoms with E-state index >= 15 is 0 Å². The molecule has 2 atom stereocenters. The summed E-state index contributed by atoms with van der Waals surface area (Å²) < 4.78 is 0. The second kappa shape index (κ2) is 4.84.